The van der Waals surface area contributed by atoms with E-state index in [-0.39, 0.29) is 11.4 Å². The van der Waals surface area contributed by atoms with Crippen LogP contribution in [0.3, 0.4) is 0 Å². The molecule has 0 unspecified atom stereocenters. The molecule has 0 aliphatic carbocycles. The highest BCUT2D eigenvalue weighted by Gasteiger charge is 2.37. The van der Waals surface area contributed by atoms with E-state index in [0.717, 1.165) is 18.6 Å². The molecule has 0 aromatic heterocycles. The molecule has 26 heavy (non-hydrogen) atoms. The highest BCUT2D eigenvalue weighted by molar-refractivity contribution is 7.89. The third-order valence-corrected chi connectivity index (χ3v) is 6.56. The van der Waals surface area contributed by atoms with Crippen LogP contribution in [0.25, 0.3) is 0 Å². The van der Waals surface area contributed by atoms with Gasteiger partial charge in [0.1, 0.15) is 11.9 Å². The summed E-state index contributed by atoms with van der Waals surface area (Å²) in [4.78, 5) is 12.7. The van der Waals surface area contributed by atoms with Crippen LogP contribution in [-0.4, -0.2) is 31.2 Å². The van der Waals surface area contributed by atoms with Gasteiger partial charge >= 0.3 is 0 Å². The normalized spacial score (nSPS) is 18.5. The van der Waals surface area contributed by atoms with Crippen LogP contribution in [0.5, 0.6) is 0 Å². The van der Waals surface area contributed by atoms with Crippen molar-refractivity contribution < 1.29 is 17.6 Å². The van der Waals surface area contributed by atoms with E-state index < -0.39 is 27.8 Å². The maximum atomic E-state index is 13.1. The van der Waals surface area contributed by atoms with E-state index in [0.29, 0.717) is 23.6 Å². The average molecular weight is 397 g/mol. The lowest BCUT2D eigenvalue weighted by atomic mass is 10.0. The average Bonchev–Trinajstić information content (AvgIpc) is 2.64. The summed E-state index contributed by atoms with van der Waals surface area (Å²) in [6.07, 6.45) is 1.82. The minimum Gasteiger partial charge on any atom is -0.323 e. The molecule has 1 heterocycles. The third kappa shape index (κ3) is 3.90. The van der Waals surface area contributed by atoms with Crippen molar-refractivity contribution in [1.82, 2.24) is 4.31 Å². The summed E-state index contributed by atoms with van der Waals surface area (Å²) >= 11 is 6.06. The number of para-hydroxylation sites is 1. The lowest BCUT2D eigenvalue weighted by Gasteiger charge is -2.33. The maximum Gasteiger partial charge on any atom is 0.243 e. The number of hydrogen-bond acceptors (Lipinski definition) is 3. The van der Waals surface area contributed by atoms with Crippen LogP contribution < -0.4 is 5.32 Å². The second kappa shape index (κ2) is 7.73. The molecule has 2 aromatic rings. The van der Waals surface area contributed by atoms with Gasteiger partial charge in [-0.25, -0.2) is 12.8 Å². The lowest BCUT2D eigenvalue weighted by Crippen LogP contribution is -2.49. The highest BCUT2D eigenvalue weighted by atomic mass is 35.5. The second-order valence-electron chi connectivity index (χ2n) is 6.05. The van der Waals surface area contributed by atoms with Crippen molar-refractivity contribution in [1.29, 1.82) is 0 Å². The van der Waals surface area contributed by atoms with Crippen molar-refractivity contribution >= 4 is 33.2 Å². The van der Waals surface area contributed by atoms with Gasteiger partial charge in [0, 0.05) is 6.54 Å². The van der Waals surface area contributed by atoms with E-state index in [9.17, 15) is 17.6 Å². The van der Waals surface area contributed by atoms with Gasteiger partial charge in [-0.1, -0.05) is 30.2 Å². The van der Waals surface area contributed by atoms with E-state index in [1.54, 1.807) is 24.3 Å². The number of nitrogens with one attached hydrogen (secondary N) is 1. The molecule has 3 rings (SSSR count). The number of sulfonamides is 1. The van der Waals surface area contributed by atoms with Crippen LogP contribution in [0.2, 0.25) is 5.02 Å². The number of halogens is 2. The first-order valence-electron chi connectivity index (χ1n) is 8.22. The topological polar surface area (TPSA) is 66.5 Å². The van der Waals surface area contributed by atoms with Gasteiger partial charge in [0.25, 0.3) is 0 Å². The maximum absolute atomic E-state index is 13.1. The number of anilines is 1. The van der Waals surface area contributed by atoms with E-state index in [1.807, 2.05) is 0 Å². The third-order valence-electron chi connectivity index (χ3n) is 4.31. The fourth-order valence-electron chi connectivity index (χ4n) is 2.98. The molecule has 1 N–H and O–H groups in total. The van der Waals surface area contributed by atoms with Crippen molar-refractivity contribution in [2.75, 3.05) is 11.9 Å². The molecule has 0 saturated carbocycles. The smallest absolute Gasteiger partial charge is 0.243 e. The molecule has 0 radical (unpaired) electrons. The van der Waals surface area contributed by atoms with Crippen LogP contribution in [-0.2, 0) is 14.8 Å². The molecular formula is C18H18ClFN2O3S. The van der Waals surface area contributed by atoms with Crippen LogP contribution in [0.15, 0.2) is 53.4 Å². The van der Waals surface area contributed by atoms with Gasteiger partial charge in [-0.3, -0.25) is 4.79 Å². The zero-order chi connectivity index (χ0) is 18.7. The molecular weight excluding hydrogens is 379 g/mol. The molecule has 1 atom stereocenters. The standard InChI is InChI=1S/C18H18ClFN2O3S/c19-15-5-1-2-6-16(15)21-18(23)17-7-3-4-12-22(17)26(24,25)14-10-8-13(20)9-11-14/h1-2,5-6,8-11,17H,3-4,7,12H2,(H,21,23)/t17-/m0/s1. The van der Waals surface area contributed by atoms with E-state index in [1.165, 1.54) is 16.4 Å². The Morgan fingerprint density at radius 2 is 1.81 bits per heavy atom. The van der Waals surface area contributed by atoms with Crippen molar-refractivity contribution in [2.45, 2.75) is 30.2 Å². The summed E-state index contributed by atoms with van der Waals surface area (Å²) in [6, 6.07) is 10.5. The van der Waals surface area contributed by atoms with Crippen LogP contribution in [0, 0.1) is 5.82 Å². The minimum atomic E-state index is -3.90. The Morgan fingerprint density at radius 3 is 2.50 bits per heavy atom. The lowest BCUT2D eigenvalue weighted by molar-refractivity contribution is -0.120. The predicted molar refractivity (Wildman–Crippen MR) is 98.0 cm³/mol. The Bertz CT molecular complexity index is 903. The number of carbonyl (C=O) groups excluding carboxylic acids is 1. The molecule has 0 bridgehead atoms. The molecule has 0 spiro atoms. The summed E-state index contributed by atoms with van der Waals surface area (Å²) in [6.45, 7) is 0.236. The van der Waals surface area contributed by atoms with Crippen molar-refractivity contribution in [3.05, 3.63) is 59.4 Å². The van der Waals surface area contributed by atoms with Gasteiger partial charge < -0.3 is 5.32 Å². The Labute approximate surface area is 156 Å². The van der Waals surface area contributed by atoms with Crippen molar-refractivity contribution in [3.8, 4) is 0 Å². The fraction of sp³-hybridized carbons (Fsp3) is 0.278. The number of hydrogen-bond donors (Lipinski definition) is 1. The van der Waals surface area contributed by atoms with Gasteiger partial charge in [0.05, 0.1) is 15.6 Å². The zero-order valence-corrected chi connectivity index (χ0v) is 15.4. The molecule has 2 aromatic carbocycles. The number of nitrogens with zero attached hydrogens (tertiary/aromatic N) is 1. The molecule has 5 nitrogen and oxygen atoms in total. The Kier molecular flexibility index (Phi) is 5.60. The van der Waals surface area contributed by atoms with Gasteiger partial charge in [-0.2, -0.15) is 4.31 Å². The van der Waals surface area contributed by atoms with Gasteiger partial charge in [-0.05, 0) is 49.2 Å². The zero-order valence-electron chi connectivity index (χ0n) is 13.9. The summed E-state index contributed by atoms with van der Waals surface area (Å²) in [5.74, 6) is -0.945. The van der Waals surface area contributed by atoms with Crippen molar-refractivity contribution in [2.24, 2.45) is 0 Å². The largest absolute Gasteiger partial charge is 0.323 e. The van der Waals surface area contributed by atoms with E-state index in [2.05, 4.69) is 5.32 Å². The number of benzene rings is 2. The molecule has 1 aliphatic heterocycles. The minimum absolute atomic E-state index is 0.0312. The Morgan fingerprint density at radius 1 is 1.12 bits per heavy atom. The number of piperidine rings is 1. The molecule has 138 valence electrons. The Hall–Kier alpha value is -1.96. The molecule has 1 fully saturated rings. The van der Waals surface area contributed by atoms with E-state index >= 15 is 0 Å². The second-order valence-corrected chi connectivity index (χ2v) is 8.35. The van der Waals surface area contributed by atoms with Gasteiger partial charge in [0.2, 0.25) is 15.9 Å². The van der Waals surface area contributed by atoms with Gasteiger partial charge in [-0.15, -0.1) is 0 Å². The summed E-state index contributed by atoms with van der Waals surface area (Å²) in [5.41, 5.74) is 0.434. The van der Waals surface area contributed by atoms with Crippen LogP contribution >= 0.6 is 11.6 Å². The number of amides is 1. The number of rotatable bonds is 4. The Balaban J connectivity index is 1.86. The molecule has 1 saturated heterocycles. The quantitative estimate of drug-likeness (QED) is 0.857. The molecule has 1 aliphatic rings. The van der Waals surface area contributed by atoms with Crippen LogP contribution in [0.1, 0.15) is 19.3 Å². The summed E-state index contributed by atoms with van der Waals surface area (Å²) < 4.78 is 40.2. The molecule has 8 heteroatoms. The first kappa shape index (κ1) is 18.8. The highest BCUT2D eigenvalue weighted by Crippen LogP contribution is 2.27. The SMILES string of the molecule is O=C(Nc1ccccc1Cl)[C@@H]1CCCCN1S(=O)(=O)c1ccc(F)cc1. The van der Waals surface area contributed by atoms with Crippen LogP contribution in [0.4, 0.5) is 10.1 Å². The monoisotopic (exact) mass is 396 g/mol. The summed E-state index contributed by atoms with van der Waals surface area (Å²) in [5, 5.41) is 3.08. The van der Waals surface area contributed by atoms with E-state index in [4.69, 9.17) is 11.6 Å². The van der Waals surface area contributed by atoms with Crippen molar-refractivity contribution in [3.63, 3.8) is 0 Å². The first-order valence-corrected chi connectivity index (χ1v) is 10.0. The number of carbonyl (C=O) groups is 1. The molecule has 1 amide bonds. The van der Waals surface area contributed by atoms with Gasteiger partial charge in [0.15, 0.2) is 0 Å². The first-order chi connectivity index (χ1) is 12.4. The fourth-order valence-corrected chi connectivity index (χ4v) is 4.81. The summed E-state index contributed by atoms with van der Waals surface area (Å²) in [7, 11) is -3.90. The predicted octanol–water partition coefficient (Wildman–Crippen LogP) is 3.66.